The molecule has 1 N–H and O–H groups in total. The van der Waals surface area contributed by atoms with Gasteiger partial charge in [-0.3, -0.25) is 4.79 Å². The quantitative estimate of drug-likeness (QED) is 0.699. The van der Waals surface area contributed by atoms with Gasteiger partial charge in [-0.05, 0) is 36.8 Å². The summed E-state index contributed by atoms with van der Waals surface area (Å²) in [6, 6.07) is 10.9. The third-order valence-corrected chi connectivity index (χ3v) is 2.86. The second kappa shape index (κ2) is 5.64. The highest BCUT2D eigenvalue weighted by Gasteiger charge is 2.07. The molecule has 1 aromatic carbocycles. The van der Waals surface area contributed by atoms with Crippen molar-refractivity contribution in [3.8, 4) is 0 Å². The molecular weight excluding hydrogens is 296 g/mol. The highest BCUT2D eigenvalue weighted by molar-refractivity contribution is 9.10. The number of carbonyl (C=O) groups excluding carboxylic acids is 1. The van der Waals surface area contributed by atoms with Crippen LogP contribution in [-0.2, 0) is 0 Å². The SMILES string of the molecule is C/C(=N\NC(=O)c1ccco1)c1ccc(Br)cc1. The molecule has 0 unspecified atom stereocenters. The van der Waals surface area contributed by atoms with Crippen LogP contribution in [0.15, 0.2) is 56.7 Å². The molecule has 5 heteroatoms. The number of hydrogen-bond acceptors (Lipinski definition) is 3. The molecule has 0 spiro atoms. The Bertz CT molecular complexity index is 559. The summed E-state index contributed by atoms with van der Waals surface area (Å²) in [7, 11) is 0. The lowest BCUT2D eigenvalue weighted by Gasteiger charge is -2.01. The Kier molecular flexibility index (Phi) is 3.94. The van der Waals surface area contributed by atoms with E-state index in [2.05, 4.69) is 26.5 Å². The minimum atomic E-state index is -0.364. The van der Waals surface area contributed by atoms with Gasteiger partial charge in [0.15, 0.2) is 5.76 Å². The van der Waals surface area contributed by atoms with Crippen LogP contribution < -0.4 is 5.43 Å². The van der Waals surface area contributed by atoms with E-state index in [0.717, 1.165) is 15.7 Å². The van der Waals surface area contributed by atoms with Crippen LogP contribution in [0.25, 0.3) is 0 Å². The summed E-state index contributed by atoms with van der Waals surface area (Å²) >= 11 is 3.36. The second-order valence-corrected chi connectivity index (χ2v) is 4.54. The monoisotopic (exact) mass is 306 g/mol. The molecule has 18 heavy (non-hydrogen) atoms. The third kappa shape index (κ3) is 3.07. The van der Waals surface area contributed by atoms with E-state index in [-0.39, 0.29) is 11.7 Å². The first kappa shape index (κ1) is 12.6. The predicted molar refractivity (Wildman–Crippen MR) is 72.5 cm³/mol. The van der Waals surface area contributed by atoms with E-state index in [9.17, 15) is 4.79 Å². The maximum Gasteiger partial charge on any atom is 0.307 e. The molecule has 0 bridgehead atoms. The van der Waals surface area contributed by atoms with Crippen LogP contribution in [0.4, 0.5) is 0 Å². The van der Waals surface area contributed by atoms with E-state index in [1.807, 2.05) is 31.2 Å². The van der Waals surface area contributed by atoms with E-state index in [0.29, 0.717) is 0 Å². The Balaban J connectivity index is 2.05. The fourth-order valence-electron chi connectivity index (χ4n) is 1.35. The van der Waals surface area contributed by atoms with Gasteiger partial charge in [0.2, 0.25) is 0 Å². The summed E-state index contributed by atoms with van der Waals surface area (Å²) in [5, 5.41) is 4.02. The minimum Gasteiger partial charge on any atom is -0.459 e. The normalized spacial score (nSPS) is 11.3. The van der Waals surface area contributed by atoms with Crippen molar-refractivity contribution < 1.29 is 9.21 Å². The van der Waals surface area contributed by atoms with Crippen molar-refractivity contribution in [3.05, 3.63) is 58.5 Å². The molecule has 0 saturated carbocycles. The van der Waals surface area contributed by atoms with Gasteiger partial charge >= 0.3 is 5.91 Å². The summed E-state index contributed by atoms with van der Waals surface area (Å²) in [6.07, 6.45) is 1.44. The largest absolute Gasteiger partial charge is 0.459 e. The zero-order valence-electron chi connectivity index (χ0n) is 9.68. The molecule has 0 saturated heterocycles. The average molecular weight is 307 g/mol. The van der Waals surface area contributed by atoms with E-state index in [1.165, 1.54) is 6.26 Å². The molecule has 4 nitrogen and oxygen atoms in total. The minimum absolute atomic E-state index is 0.238. The van der Waals surface area contributed by atoms with Crippen LogP contribution in [0.5, 0.6) is 0 Å². The Labute approximate surface area is 113 Å². The molecule has 1 amide bonds. The number of halogens is 1. The lowest BCUT2D eigenvalue weighted by atomic mass is 10.1. The van der Waals surface area contributed by atoms with Crippen LogP contribution >= 0.6 is 15.9 Å². The van der Waals surface area contributed by atoms with Gasteiger partial charge in [-0.2, -0.15) is 5.10 Å². The number of nitrogens with one attached hydrogen (secondary N) is 1. The van der Waals surface area contributed by atoms with Crippen molar-refractivity contribution in [2.45, 2.75) is 6.92 Å². The Hall–Kier alpha value is -1.88. The van der Waals surface area contributed by atoms with Crippen LogP contribution in [0, 0.1) is 0 Å². The molecule has 0 radical (unpaired) electrons. The number of hydrazone groups is 1. The van der Waals surface area contributed by atoms with Crippen LogP contribution in [0.1, 0.15) is 23.0 Å². The lowest BCUT2D eigenvalue weighted by molar-refractivity contribution is 0.0927. The highest BCUT2D eigenvalue weighted by atomic mass is 79.9. The van der Waals surface area contributed by atoms with Gasteiger partial charge in [0.05, 0.1) is 12.0 Å². The molecule has 0 atom stereocenters. The molecule has 2 aromatic rings. The summed E-state index contributed by atoms with van der Waals surface area (Å²) in [5.74, 6) is -0.126. The summed E-state index contributed by atoms with van der Waals surface area (Å²) in [4.78, 5) is 11.6. The second-order valence-electron chi connectivity index (χ2n) is 3.62. The number of nitrogens with zero attached hydrogens (tertiary/aromatic N) is 1. The van der Waals surface area contributed by atoms with Crippen molar-refractivity contribution in [2.24, 2.45) is 5.10 Å². The van der Waals surface area contributed by atoms with Crippen molar-refractivity contribution in [1.82, 2.24) is 5.43 Å². The maximum absolute atomic E-state index is 11.6. The van der Waals surface area contributed by atoms with Gasteiger partial charge in [0.25, 0.3) is 0 Å². The van der Waals surface area contributed by atoms with Crippen molar-refractivity contribution >= 4 is 27.5 Å². The van der Waals surface area contributed by atoms with Gasteiger partial charge < -0.3 is 4.42 Å². The molecule has 92 valence electrons. The highest BCUT2D eigenvalue weighted by Crippen LogP contribution is 2.11. The van der Waals surface area contributed by atoms with E-state index in [4.69, 9.17) is 4.42 Å². The molecule has 0 aliphatic heterocycles. The fourth-order valence-corrected chi connectivity index (χ4v) is 1.62. The first-order valence-corrected chi connectivity index (χ1v) is 6.10. The molecule has 2 rings (SSSR count). The van der Waals surface area contributed by atoms with Crippen LogP contribution in [0.2, 0.25) is 0 Å². The first-order valence-electron chi connectivity index (χ1n) is 5.31. The van der Waals surface area contributed by atoms with Gasteiger partial charge in [-0.1, -0.05) is 28.1 Å². The molecular formula is C13H11BrN2O2. The van der Waals surface area contributed by atoms with Crippen molar-refractivity contribution in [3.63, 3.8) is 0 Å². The van der Waals surface area contributed by atoms with Crippen LogP contribution in [0.3, 0.4) is 0 Å². The van der Waals surface area contributed by atoms with Crippen molar-refractivity contribution in [1.29, 1.82) is 0 Å². The van der Waals surface area contributed by atoms with Gasteiger partial charge in [0.1, 0.15) is 0 Å². The first-order chi connectivity index (χ1) is 8.66. The van der Waals surface area contributed by atoms with Gasteiger partial charge in [0, 0.05) is 4.47 Å². The third-order valence-electron chi connectivity index (χ3n) is 2.33. The Morgan fingerprint density at radius 2 is 2.00 bits per heavy atom. The standard InChI is InChI=1S/C13H11BrN2O2/c1-9(10-4-6-11(14)7-5-10)15-16-13(17)12-3-2-8-18-12/h2-8H,1H3,(H,16,17)/b15-9+. The molecule has 0 fully saturated rings. The Morgan fingerprint density at radius 3 is 2.61 bits per heavy atom. The van der Waals surface area contributed by atoms with Crippen LogP contribution in [-0.4, -0.2) is 11.6 Å². The summed E-state index contributed by atoms with van der Waals surface area (Å²) in [5.41, 5.74) is 4.11. The molecule has 0 aliphatic rings. The van der Waals surface area contributed by atoms with Gasteiger partial charge in [-0.25, -0.2) is 5.43 Å². The Morgan fingerprint density at radius 1 is 1.28 bits per heavy atom. The topological polar surface area (TPSA) is 54.6 Å². The zero-order chi connectivity index (χ0) is 13.0. The van der Waals surface area contributed by atoms with E-state index >= 15 is 0 Å². The molecule has 0 aliphatic carbocycles. The molecule has 1 aromatic heterocycles. The number of furan rings is 1. The summed E-state index contributed by atoms with van der Waals surface area (Å²) < 4.78 is 5.96. The summed E-state index contributed by atoms with van der Waals surface area (Å²) in [6.45, 7) is 1.83. The number of carbonyl (C=O) groups is 1. The van der Waals surface area contributed by atoms with Gasteiger partial charge in [-0.15, -0.1) is 0 Å². The maximum atomic E-state index is 11.6. The number of amides is 1. The zero-order valence-corrected chi connectivity index (χ0v) is 11.3. The number of hydrogen-bond donors (Lipinski definition) is 1. The predicted octanol–water partition coefficient (Wildman–Crippen LogP) is 3.20. The van der Waals surface area contributed by atoms with Crippen molar-refractivity contribution in [2.75, 3.05) is 0 Å². The van der Waals surface area contributed by atoms with E-state index < -0.39 is 0 Å². The molecule has 1 heterocycles. The number of rotatable bonds is 3. The number of benzene rings is 1. The fraction of sp³-hybridized carbons (Fsp3) is 0.0769. The lowest BCUT2D eigenvalue weighted by Crippen LogP contribution is -2.18. The van der Waals surface area contributed by atoms with E-state index in [1.54, 1.807) is 12.1 Å². The average Bonchev–Trinajstić information content (AvgIpc) is 2.90. The smallest absolute Gasteiger partial charge is 0.307 e.